The van der Waals surface area contributed by atoms with Crippen LogP contribution in [0.2, 0.25) is 0 Å². The summed E-state index contributed by atoms with van der Waals surface area (Å²) in [5.41, 5.74) is 3.43. The van der Waals surface area contributed by atoms with Crippen LogP contribution in [0.5, 0.6) is 0 Å². The van der Waals surface area contributed by atoms with E-state index in [0.717, 1.165) is 17.5 Å². The van der Waals surface area contributed by atoms with E-state index in [2.05, 4.69) is 30.3 Å². The van der Waals surface area contributed by atoms with Gasteiger partial charge in [-0.05, 0) is 52.9 Å². The summed E-state index contributed by atoms with van der Waals surface area (Å²) in [4.78, 5) is 0. The van der Waals surface area contributed by atoms with Crippen molar-refractivity contribution >= 4 is 10.8 Å². The number of aryl methyl sites for hydroxylation is 1. The van der Waals surface area contributed by atoms with Crippen LogP contribution in [0.15, 0.2) is 60.7 Å². The first-order chi connectivity index (χ1) is 9.24. The van der Waals surface area contributed by atoms with Gasteiger partial charge < -0.3 is 0 Å². The van der Waals surface area contributed by atoms with Gasteiger partial charge in [-0.3, -0.25) is 0 Å². The molecule has 19 heavy (non-hydrogen) atoms. The molecule has 0 atom stereocenters. The lowest BCUT2D eigenvalue weighted by molar-refractivity contribution is 0.625. The summed E-state index contributed by atoms with van der Waals surface area (Å²) in [6, 6.07) is 19.6. The number of hydrogen-bond donors (Lipinski definition) is 0. The molecule has 0 fully saturated rings. The lowest BCUT2D eigenvalue weighted by atomic mass is 9.96. The summed E-state index contributed by atoms with van der Waals surface area (Å²) in [5.74, 6) is -0.166. The van der Waals surface area contributed by atoms with E-state index < -0.39 is 0 Å². The molecule has 0 heterocycles. The third-order valence-electron chi connectivity index (χ3n) is 3.57. The number of fused-ring (bicyclic) bond motifs is 1. The van der Waals surface area contributed by atoms with Crippen molar-refractivity contribution < 1.29 is 4.39 Å². The van der Waals surface area contributed by atoms with Gasteiger partial charge in [-0.15, -0.1) is 0 Å². The molecule has 0 bridgehead atoms. The first kappa shape index (κ1) is 11.9. The fraction of sp³-hybridized carbons (Fsp3) is 0.111. The maximum atomic E-state index is 13.4. The van der Waals surface area contributed by atoms with E-state index in [1.54, 1.807) is 6.07 Å². The van der Waals surface area contributed by atoms with Crippen LogP contribution in [-0.4, -0.2) is 0 Å². The molecule has 0 aliphatic heterocycles. The highest BCUT2D eigenvalue weighted by Crippen LogP contribution is 2.23. The molecule has 0 N–H and O–H groups in total. The molecule has 0 aliphatic rings. The molecule has 0 spiro atoms. The number of halogens is 1. The third-order valence-corrected chi connectivity index (χ3v) is 3.57. The molecule has 0 nitrogen and oxygen atoms in total. The summed E-state index contributed by atoms with van der Waals surface area (Å²) in [6.07, 6.45) is 0.769. The molecular formula is C18H15F. The summed E-state index contributed by atoms with van der Waals surface area (Å²) >= 11 is 0. The molecule has 0 aliphatic carbocycles. The van der Waals surface area contributed by atoms with Crippen molar-refractivity contribution in [3.8, 4) is 0 Å². The molecule has 3 rings (SSSR count). The average Bonchev–Trinajstić information content (AvgIpc) is 2.43. The smallest absolute Gasteiger partial charge is 0.123 e. The lowest BCUT2D eigenvalue weighted by Gasteiger charge is -2.09. The van der Waals surface area contributed by atoms with Gasteiger partial charge in [-0.25, -0.2) is 4.39 Å². The standard InChI is InChI=1S/C18H15F/c1-13-9-10-17(19)12-16(13)11-15-7-4-6-14-5-2-3-8-18(14)15/h2-10,12H,11H2,1H3. The van der Waals surface area contributed by atoms with Gasteiger partial charge in [0.2, 0.25) is 0 Å². The topological polar surface area (TPSA) is 0 Å². The number of rotatable bonds is 2. The van der Waals surface area contributed by atoms with Gasteiger partial charge in [0.15, 0.2) is 0 Å². The largest absolute Gasteiger partial charge is 0.207 e. The highest BCUT2D eigenvalue weighted by atomic mass is 19.1. The van der Waals surface area contributed by atoms with Crippen molar-refractivity contribution in [3.63, 3.8) is 0 Å². The zero-order chi connectivity index (χ0) is 13.2. The Morgan fingerprint density at radius 3 is 2.53 bits per heavy atom. The quantitative estimate of drug-likeness (QED) is 0.608. The molecule has 3 aromatic carbocycles. The zero-order valence-electron chi connectivity index (χ0n) is 10.9. The second-order valence-corrected chi connectivity index (χ2v) is 4.89. The van der Waals surface area contributed by atoms with E-state index in [0.29, 0.717) is 0 Å². The Morgan fingerprint density at radius 2 is 1.63 bits per heavy atom. The summed E-state index contributed by atoms with van der Waals surface area (Å²) in [7, 11) is 0. The van der Waals surface area contributed by atoms with E-state index in [1.165, 1.54) is 22.4 Å². The molecule has 0 saturated heterocycles. The van der Waals surface area contributed by atoms with Crippen molar-refractivity contribution in [2.24, 2.45) is 0 Å². The third kappa shape index (κ3) is 2.37. The molecule has 94 valence electrons. The summed E-state index contributed by atoms with van der Waals surface area (Å²) in [6.45, 7) is 2.03. The summed E-state index contributed by atoms with van der Waals surface area (Å²) in [5, 5.41) is 2.47. The van der Waals surface area contributed by atoms with E-state index in [-0.39, 0.29) is 5.82 Å². The maximum absolute atomic E-state index is 13.4. The Labute approximate surface area is 112 Å². The van der Waals surface area contributed by atoms with Gasteiger partial charge in [0, 0.05) is 0 Å². The predicted molar refractivity (Wildman–Crippen MR) is 77.9 cm³/mol. The van der Waals surface area contributed by atoms with E-state index >= 15 is 0 Å². The van der Waals surface area contributed by atoms with Crippen molar-refractivity contribution in [3.05, 3.63) is 83.2 Å². The Balaban J connectivity index is 2.08. The fourth-order valence-corrected chi connectivity index (χ4v) is 2.48. The Bertz CT molecular complexity index is 723. The molecular weight excluding hydrogens is 235 g/mol. The minimum Gasteiger partial charge on any atom is -0.207 e. The van der Waals surface area contributed by atoms with Gasteiger partial charge >= 0.3 is 0 Å². The first-order valence-electron chi connectivity index (χ1n) is 6.46. The molecule has 0 amide bonds. The van der Waals surface area contributed by atoms with Gasteiger partial charge in [0.25, 0.3) is 0 Å². The zero-order valence-corrected chi connectivity index (χ0v) is 10.9. The van der Waals surface area contributed by atoms with Crippen LogP contribution in [0.4, 0.5) is 4.39 Å². The fourth-order valence-electron chi connectivity index (χ4n) is 2.48. The van der Waals surface area contributed by atoms with Crippen molar-refractivity contribution in [1.29, 1.82) is 0 Å². The predicted octanol–water partition coefficient (Wildman–Crippen LogP) is 4.88. The van der Waals surface area contributed by atoms with Crippen LogP contribution in [0.3, 0.4) is 0 Å². The van der Waals surface area contributed by atoms with Crippen LogP contribution in [0.1, 0.15) is 16.7 Å². The van der Waals surface area contributed by atoms with E-state index in [9.17, 15) is 4.39 Å². The van der Waals surface area contributed by atoms with Crippen LogP contribution in [0.25, 0.3) is 10.8 Å². The second kappa shape index (κ2) is 4.85. The molecule has 1 heteroatoms. The normalized spacial score (nSPS) is 10.8. The first-order valence-corrected chi connectivity index (χ1v) is 6.46. The SMILES string of the molecule is Cc1ccc(F)cc1Cc1cccc2ccccc12. The van der Waals surface area contributed by atoms with Gasteiger partial charge in [-0.2, -0.15) is 0 Å². The Morgan fingerprint density at radius 1 is 0.842 bits per heavy atom. The molecule has 0 radical (unpaired) electrons. The van der Waals surface area contributed by atoms with Crippen LogP contribution in [0, 0.1) is 12.7 Å². The van der Waals surface area contributed by atoms with Gasteiger partial charge in [-0.1, -0.05) is 48.5 Å². The van der Waals surface area contributed by atoms with E-state index in [1.807, 2.05) is 25.1 Å². The highest BCUT2D eigenvalue weighted by molar-refractivity contribution is 5.85. The minimum atomic E-state index is -0.166. The summed E-state index contributed by atoms with van der Waals surface area (Å²) < 4.78 is 13.4. The Hall–Kier alpha value is -2.15. The highest BCUT2D eigenvalue weighted by Gasteiger charge is 2.05. The van der Waals surface area contributed by atoms with Gasteiger partial charge in [0.1, 0.15) is 5.82 Å². The van der Waals surface area contributed by atoms with Crippen LogP contribution < -0.4 is 0 Å². The average molecular weight is 250 g/mol. The van der Waals surface area contributed by atoms with Crippen molar-refractivity contribution in [2.75, 3.05) is 0 Å². The van der Waals surface area contributed by atoms with Gasteiger partial charge in [0.05, 0.1) is 0 Å². The lowest BCUT2D eigenvalue weighted by Crippen LogP contribution is -1.94. The molecule has 3 aromatic rings. The van der Waals surface area contributed by atoms with Crippen molar-refractivity contribution in [1.82, 2.24) is 0 Å². The van der Waals surface area contributed by atoms with Crippen LogP contribution >= 0.6 is 0 Å². The minimum absolute atomic E-state index is 0.166. The second-order valence-electron chi connectivity index (χ2n) is 4.89. The Kier molecular flexibility index (Phi) is 3.04. The number of benzene rings is 3. The maximum Gasteiger partial charge on any atom is 0.123 e. The number of hydrogen-bond acceptors (Lipinski definition) is 0. The molecule has 0 aromatic heterocycles. The van der Waals surface area contributed by atoms with Crippen LogP contribution in [-0.2, 0) is 6.42 Å². The monoisotopic (exact) mass is 250 g/mol. The van der Waals surface area contributed by atoms with E-state index in [4.69, 9.17) is 0 Å². The van der Waals surface area contributed by atoms with Crippen molar-refractivity contribution in [2.45, 2.75) is 13.3 Å². The molecule has 0 saturated carbocycles. The molecule has 0 unspecified atom stereocenters.